The summed E-state index contributed by atoms with van der Waals surface area (Å²) in [5.41, 5.74) is -1.02. The van der Waals surface area contributed by atoms with E-state index in [0.29, 0.717) is 32.6 Å². The second-order valence-corrected chi connectivity index (χ2v) is 7.10. The number of carbonyl (C=O) groups is 2. The molecule has 0 unspecified atom stereocenters. The SMILES string of the molecule is O=C(C[C@@H]1CCCN(C(=O)Cn2ccc(C(F)(F)F)n2)C1)NCCn1ccnc1. The maximum Gasteiger partial charge on any atom is 0.435 e. The van der Waals surface area contributed by atoms with Crippen LogP contribution in [-0.4, -0.2) is 55.7 Å². The Labute approximate surface area is 165 Å². The number of halogens is 3. The quantitative estimate of drug-likeness (QED) is 0.748. The van der Waals surface area contributed by atoms with E-state index in [1.165, 1.54) is 0 Å². The van der Waals surface area contributed by atoms with E-state index in [-0.39, 0.29) is 24.3 Å². The van der Waals surface area contributed by atoms with Gasteiger partial charge in [0.25, 0.3) is 0 Å². The van der Waals surface area contributed by atoms with Gasteiger partial charge in [-0.2, -0.15) is 18.3 Å². The number of carbonyl (C=O) groups excluding carboxylic acids is 2. The van der Waals surface area contributed by atoms with Crippen LogP contribution in [0.25, 0.3) is 0 Å². The van der Waals surface area contributed by atoms with Crippen molar-refractivity contribution < 1.29 is 22.8 Å². The molecule has 2 amide bonds. The van der Waals surface area contributed by atoms with Crippen LogP contribution in [0.15, 0.2) is 31.0 Å². The second kappa shape index (κ2) is 9.10. The van der Waals surface area contributed by atoms with Crippen molar-refractivity contribution in [1.82, 2.24) is 29.5 Å². The minimum absolute atomic E-state index is 0.0318. The Morgan fingerprint density at radius 1 is 1.28 bits per heavy atom. The van der Waals surface area contributed by atoms with Crippen LogP contribution < -0.4 is 5.32 Å². The average molecular weight is 412 g/mol. The molecule has 1 saturated heterocycles. The van der Waals surface area contributed by atoms with Crippen LogP contribution in [0, 0.1) is 5.92 Å². The number of likely N-dealkylation sites (tertiary alicyclic amines) is 1. The maximum absolute atomic E-state index is 12.6. The summed E-state index contributed by atoms with van der Waals surface area (Å²) in [7, 11) is 0. The van der Waals surface area contributed by atoms with Crippen molar-refractivity contribution in [2.75, 3.05) is 19.6 Å². The van der Waals surface area contributed by atoms with Crippen molar-refractivity contribution >= 4 is 11.8 Å². The summed E-state index contributed by atoms with van der Waals surface area (Å²) in [6.07, 6.45) is 3.67. The Morgan fingerprint density at radius 3 is 2.79 bits per heavy atom. The summed E-state index contributed by atoms with van der Waals surface area (Å²) in [5, 5.41) is 6.27. The zero-order valence-corrected chi connectivity index (χ0v) is 15.8. The van der Waals surface area contributed by atoms with Crippen LogP contribution in [-0.2, 0) is 28.9 Å². The predicted molar refractivity (Wildman–Crippen MR) is 96.4 cm³/mol. The summed E-state index contributed by atoms with van der Waals surface area (Å²) >= 11 is 0. The smallest absolute Gasteiger partial charge is 0.354 e. The molecule has 1 atom stereocenters. The molecule has 29 heavy (non-hydrogen) atoms. The van der Waals surface area contributed by atoms with Crippen LogP contribution in [0.1, 0.15) is 25.0 Å². The highest BCUT2D eigenvalue weighted by Gasteiger charge is 2.34. The molecule has 3 rings (SSSR count). The van der Waals surface area contributed by atoms with E-state index in [0.717, 1.165) is 29.8 Å². The minimum atomic E-state index is -4.53. The number of amides is 2. The van der Waals surface area contributed by atoms with Gasteiger partial charge in [0.05, 0.1) is 6.33 Å². The fraction of sp³-hybridized carbons (Fsp3) is 0.556. The third kappa shape index (κ3) is 6.06. The molecule has 2 aromatic heterocycles. The van der Waals surface area contributed by atoms with Gasteiger partial charge in [-0.05, 0) is 24.8 Å². The van der Waals surface area contributed by atoms with Gasteiger partial charge in [0.1, 0.15) is 6.54 Å². The normalized spacial score (nSPS) is 17.3. The standard InChI is InChI=1S/C18H23F3N6O2/c19-18(20,21)15-3-7-27(24-15)12-17(29)26-6-1-2-14(11-26)10-16(28)23-5-9-25-8-4-22-13-25/h3-4,7-8,13-14H,1-2,5-6,9-12H2,(H,23,28)/t14-/m0/s1. The topological polar surface area (TPSA) is 85.0 Å². The number of rotatable bonds is 7. The molecule has 1 N–H and O–H groups in total. The Kier molecular flexibility index (Phi) is 6.55. The number of alkyl halides is 3. The van der Waals surface area contributed by atoms with Gasteiger partial charge >= 0.3 is 6.18 Å². The van der Waals surface area contributed by atoms with Crippen LogP contribution in [0.4, 0.5) is 13.2 Å². The number of nitrogens with zero attached hydrogens (tertiary/aromatic N) is 5. The molecule has 0 radical (unpaired) electrons. The Balaban J connectivity index is 1.43. The number of hydrogen-bond acceptors (Lipinski definition) is 4. The highest BCUT2D eigenvalue weighted by molar-refractivity contribution is 5.77. The van der Waals surface area contributed by atoms with Gasteiger partial charge in [0.2, 0.25) is 11.8 Å². The van der Waals surface area contributed by atoms with Gasteiger partial charge < -0.3 is 14.8 Å². The van der Waals surface area contributed by atoms with Crippen molar-refractivity contribution in [2.45, 2.75) is 38.5 Å². The molecule has 8 nitrogen and oxygen atoms in total. The minimum Gasteiger partial charge on any atom is -0.354 e. The van der Waals surface area contributed by atoms with Gasteiger partial charge in [-0.25, -0.2) is 4.98 Å². The number of piperidine rings is 1. The average Bonchev–Trinajstić information content (AvgIpc) is 3.33. The lowest BCUT2D eigenvalue weighted by atomic mass is 9.94. The van der Waals surface area contributed by atoms with Crippen LogP contribution in [0.3, 0.4) is 0 Å². The summed E-state index contributed by atoms with van der Waals surface area (Å²) < 4.78 is 40.7. The van der Waals surface area contributed by atoms with Crippen molar-refractivity contribution in [3.05, 3.63) is 36.7 Å². The summed E-state index contributed by atoms with van der Waals surface area (Å²) in [4.78, 5) is 30.1. The highest BCUT2D eigenvalue weighted by Crippen LogP contribution is 2.27. The molecule has 158 valence electrons. The monoisotopic (exact) mass is 412 g/mol. The Morgan fingerprint density at radius 2 is 2.10 bits per heavy atom. The predicted octanol–water partition coefficient (Wildman–Crippen LogP) is 1.54. The first-order chi connectivity index (χ1) is 13.8. The van der Waals surface area contributed by atoms with Crippen LogP contribution >= 0.6 is 0 Å². The fourth-order valence-electron chi connectivity index (χ4n) is 3.38. The lowest BCUT2D eigenvalue weighted by molar-refractivity contribution is -0.142. The van der Waals surface area contributed by atoms with E-state index < -0.39 is 11.9 Å². The number of nitrogens with one attached hydrogen (secondary N) is 1. The van der Waals surface area contributed by atoms with E-state index in [1.54, 1.807) is 17.4 Å². The summed E-state index contributed by atoms with van der Waals surface area (Å²) in [5.74, 6) is -0.345. The van der Waals surface area contributed by atoms with Gasteiger partial charge in [-0.3, -0.25) is 14.3 Å². The summed E-state index contributed by atoms with van der Waals surface area (Å²) in [6.45, 7) is 1.82. The van der Waals surface area contributed by atoms with E-state index in [1.807, 2.05) is 10.8 Å². The maximum atomic E-state index is 12.6. The van der Waals surface area contributed by atoms with Crippen molar-refractivity contribution in [3.8, 4) is 0 Å². The van der Waals surface area contributed by atoms with Gasteiger partial charge in [-0.15, -0.1) is 0 Å². The van der Waals surface area contributed by atoms with Gasteiger partial charge in [0, 0.05) is 51.2 Å². The zero-order valence-electron chi connectivity index (χ0n) is 15.8. The molecule has 2 aromatic rings. The number of aromatic nitrogens is 4. The molecule has 11 heteroatoms. The highest BCUT2D eigenvalue weighted by atomic mass is 19.4. The number of hydrogen-bond donors (Lipinski definition) is 1. The van der Waals surface area contributed by atoms with Crippen molar-refractivity contribution in [2.24, 2.45) is 5.92 Å². The molecule has 0 bridgehead atoms. The van der Waals surface area contributed by atoms with Crippen LogP contribution in [0.5, 0.6) is 0 Å². The van der Waals surface area contributed by atoms with E-state index in [4.69, 9.17) is 0 Å². The van der Waals surface area contributed by atoms with E-state index in [9.17, 15) is 22.8 Å². The first kappa shape index (κ1) is 20.9. The van der Waals surface area contributed by atoms with Crippen molar-refractivity contribution in [1.29, 1.82) is 0 Å². The van der Waals surface area contributed by atoms with E-state index >= 15 is 0 Å². The fourth-order valence-corrected chi connectivity index (χ4v) is 3.38. The molecule has 3 heterocycles. The zero-order chi connectivity index (χ0) is 20.9. The first-order valence-electron chi connectivity index (χ1n) is 9.42. The Hall–Kier alpha value is -2.85. The summed E-state index contributed by atoms with van der Waals surface area (Å²) in [6, 6.07) is 0.848. The van der Waals surface area contributed by atoms with Crippen molar-refractivity contribution in [3.63, 3.8) is 0 Å². The van der Waals surface area contributed by atoms with Gasteiger partial charge in [0.15, 0.2) is 5.69 Å². The second-order valence-electron chi connectivity index (χ2n) is 7.10. The first-order valence-corrected chi connectivity index (χ1v) is 9.42. The molecule has 0 aromatic carbocycles. The largest absolute Gasteiger partial charge is 0.435 e. The van der Waals surface area contributed by atoms with Gasteiger partial charge in [-0.1, -0.05) is 0 Å². The molecule has 1 aliphatic heterocycles. The third-order valence-corrected chi connectivity index (χ3v) is 4.83. The molecular weight excluding hydrogens is 389 g/mol. The molecule has 1 fully saturated rings. The Bertz CT molecular complexity index is 818. The third-order valence-electron chi connectivity index (χ3n) is 4.83. The molecular formula is C18H23F3N6O2. The molecule has 1 aliphatic rings. The lowest BCUT2D eigenvalue weighted by Crippen LogP contribution is -2.43. The van der Waals surface area contributed by atoms with E-state index in [2.05, 4.69) is 15.4 Å². The van der Waals surface area contributed by atoms with Crippen LogP contribution in [0.2, 0.25) is 0 Å². The lowest BCUT2D eigenvalue weighted by Gasteiger charge is -2.32. The molecule has 0 aliphatic carbocycles. The molecule has 0 saturated carbocycles. The molecule has 0 spiro atoms. The number of imidazole rings is 1.